The monoisotopic (exact) mass is 485 g/mol. The number of carbonyl (C=O) groups is 2. The third-order valence-corrected chi connectivity index (χ3v) is 8.29. The molecule has 0 spiro atoms. The number of sulfonamides is 1. The van der Waals surface area contributed by atoms with Crippen LogP contribution in [0.5, 0.6) is 0 Å². The van der Waals surface area contributed by atoms with Crippen molar-refractivity contribution in [3.05, 3.63) is 59.2 Å². The SMILES string of the molecule is Cc1ccc(S(=O)(=O)N2CCC(C(=O)NC(C(=O)Nc3cc(C)ccc3C)C(C)C)CC2)cc1. The Morgan fingerprint density at radius 3 is 2.12 bits per heavy atom. The van der Waals surface area contributed by atoms with Crippen molar-refractivity contribution in [3.8, 4) is 0 Å². The van der Waals surface area contributed by atoms with Crippen LogP contribution in [0.2, 0.25) is 0 Å². The summed E-state index contributed by atoms with van der Waals surface area (Å²) in [7, 11) is -3.58. The Balaban J connectivity index is 1.61. The van der Waals surface area contributed by atoms with Crippen LogP contribution >= 0.6 is 0 Å². The van der Waals surface area contributed by atoms with Gasteiger partial charge in [-0.3, -0.25) is 9.59 Å². The lowest BCUT2D eigenvalue weighted by atomic mass is 9.95. The maximum atomic E-state index is 13.0. The van der Waals surface area contributed by atoms with Crippen LogP contribution in [0.15, 0.2) is 47.4 Å². The molecule has 8 heteroatoms. The number of piperidine rings is 1. The molecule has 2 aromatic carbocycles. The van der Waals surface area contributed by atoms with E-state index < -0.39 is 16.1 Å². The van der Waals surface area contributed by atoms with Gasteiger partial charge in [-0.2, -0.15) is 4.31 Å². The molecule has 0 aliphatic carbocycles. The summed E-state index contributed by atoms with van der Waals surface area (Å²) in [5, 5.41) is 5.86. The Bertz CT molecular complexity index is 1140. The zero-order valence-corrected chi connectivity index (χ0v) is 21.4. The first-order valence-corrected chi connectivity index (χ1v) is 13.2. The van der Waals surface area contributed by atoms with Crippen LogP contribution in [-0.4, -0.2) is 43.7 Å². The fraction of sp³-hybridized carbons (Fsp3) is 0.462. The van der Waals surface area contributed by atoms with Gasteiger partial charge in [-0.05, 0) is 68.9 Å². The number of nitrogens with zero attached hydrogens (tertiary/aromatic N) is 1. The summed E-state index contributed by atoms with van der Waals surface area (Å²) >= 11 is 0. The summed E-state index contributed by atoms with van der Waals surface area (Å²) in [6.07, 6.45) is 0.834. The molecule has 2 N–H and O–H groups in total. The number of rotatable bonds is 7. The van der Waals surface area contributed by atoms with Gasteiger partial charge < -0.3 is 10.6 Å². The van der Waals surface area contributed by atoms with Gasteiger partial charge in [0.25, 0.3) is 0 Å². The van der Waals surface area contributed by atoms with Gasteiger partial charge in [-0.15, -0.1) is 0 Å². The minimum absolute atomic E-state index is 0.101. The molecule has 1 aliphatic heterocycles. The molecule has 1 heterocycles. The van der Waals surface area contributed by atoms with E-state index in [9.17, 15) is 18.0 Å². The van der Waals surface area contributed by atoms with Crippen molar-refractivity contribution in [1.82, 2.24) is 9.62 Å². The van der Waals surface area contributed by atoms with E-state index in [2.05, 4.69) is 10.6 Å². The fourth-order valence-electron chi connectivity index (χ4n) is 4.10. The maximum Gasteiger partial charge on any atom is 0.247 e. The van der Waals surface area contributed by atoms with E-state index in [-0.39, 0.29) is 41.6 Å². The minimum Gasteiger partial charge on any atom is -0.344 e. The van der Waals surface area contributed by atoms with E-state index in [0.29, 0.717) is 12.8 Å². The highest BCUT2D eigenvalue weighted by Crippen LogP contribution is 2.25. The molecule has 184 valence electrons. The molecule has 1 fully saturated rings. The molecular weight excluding hydrogens is 450 g/mol. The first kappa shape index (κ1) is 25.9. The van der Waals surface area contributed by atoms with Crippen LogP contribution in [0.3, 0.4) is 0 Å². The van der Waals surface area contributed by atoms with Gasteiger partial charge in [-0.1, -0.05) is 43.7 Å². The summed E-state index contributed by atoms with van der Waals surface area (Å²) in [6, 6.07) is 12.0. The molecule has 1 aliphatic rings. The topological polar surface area (TPSA) is 95.6 Å². The second-order valence-corrected chi connectivity index (χ2v) is 11.5. The third-order valence-electron chi connectivity index (χ3n) is 6.38. The minimum atomic E-state index is -3.58. The number of benzene rings is 2. The molecule has 34 heavy (non-hydrogen) atoms. The van der Waals surface area contributed by atoms with E-state index in [1.165, 1.54) is 4.31 Å². The van der Waals surface area contributed by atoms with Gasteiger partial charge in [0, 0.05) is 24.7 Å². The molecule has 2 aromatic rings. The Hall–Kier alpha value is -2.71. The number of hydrogen-bond acceptors (Lipinski definition) is 4. The number of anilines is 1. The van der Waals surface area contributed by atoms with Crippen molar-refractivity contribution in [2.75, 3.05) is 18.4 Å². The summed E-state index contributed by atoms with van der Waals surface area (Å²) in [4.78, 5) is 26.3. The zero-order chi connectivity index (χ0) is 25.0. The fourth-order valence-corrected chi connectivity index (χ4v) is 5.57. The summed E-state index contributed by atoms with van der Waals surface area (Å²) in [5.41, 5.74) is 3.73. The van der Waals surface area contributed by atoms with Gasteiger partial charge in [0.1, 0.15) is 6.04 Å². The lowest BCUT2D eigenvalue weighted by Gasteiger charge is -2.32. The lowest BCUT2D eigenvalue weighted by molar-refractivity contribution is -0.130. The van der Waals surface area contributed by atoms with E-state index in [4.69, 9.17) is 0 Å². The largest absolute Gasteiger partial charge is 0.344 e. The van der Waals surface area contributed by atoms with Gasteiger partial charge in [-0.25, -0.2) is 8.42 Å². The van der Waals surface area contributed by atoms with E-state index in [0.717, 1.165) is 22.4 Å². The van der Waals surface area contributed by atoms with Gasteiger partial charge in [0.15, 0.2) is 0 Å². The molecule has 0 saturated carbocycles. The van der Waals surface area contributed by atoms with Crippen LogP contribution in [0, 0.1) is 32.6 Å². The highest BCUT2D eigenvalue weighted by atomic mass is 32.2. The zero-order valence-electron chi connectivity index (χ0n) is 20.6. The molecule has 3 rings (SSSR count). The van der Waals surface area contributed by atoms with Crippen molar-refractivity contribution in [2.45, 2.75) is 58.4 Å². The number of amides is 2. The van der Waals surface area contributed by atoms with Gasteiger partial charge >= 0.3 is 0 Å². The standard InChI is InChI=1S/C26H35N3O4S/c1-17(2)24(26(31)27-23-16-19(4)6-9-20(23)5)28-25(30)21-12-14-29(15-13-21)34(32,33)22-10-7-18(3)8-11-22/h6-11,16-17,21,24H,12-15H2,1-5H3,(H,27,31)(H,28,30). The Kier molecular flexibility index (Phi) is 8.15. The number of nitrogens with one attached hydrogen (secondary N) is 2. The third kappa shape index (κ3) is 6.04. The van der Waals surface area contributed by atoms with Gasteiger partial charge in [0.05, 0.1) is 4.90 Å². The molecule has 1 atom stereocenters. The Morgan fingerprint density at radius 1 is 0.941 bits per heavy atom. The van der Waals surface area contributed by atoms with Crippen molar-refractivity contribution in [2.24, 2.45) is 11.8 Å². The van der Waals surface area contributed by atoms with Crippen molar-refractivity contribution < 1.29 is 18.0 Å². The van der Waals surface area contributed by atoms with Crippen LogP contribution in [0.1, 0.15) is 43.4 Å². The molecule has 7 nitrogen and oxygen atoms in total. The first-order valence-electron chi connectivity index (χ1n) is 11.7. The van der Waals surface area contributed by atoms with Crippen LogP contribution in [-0.2, 0) is 19.6 Å². The smallest absolute Gasteiger partial charge is 0.247 e. The van der Waals surface area contributed by atoms with Crippen LogP contribution in [0.4, 0.5) is 5.69 Å². The molecule has 2 amide bonds. The van der Waals surface area contributed by atoms with E-state index >= 15 is 0 Å². The van der Waals surface area contributed by atoms with Crippen molar-refractivity contribution >= 4 is 27.5 Å². The molecule has 0 bridgehead atoms. The predicted molar refractivity (Wildman–Crippen MR) is 134 cm³/mol. The van der Waals surface area contributed by atoms with Crippen molar-refractivity contribution in [3.63, 3.8) is 0 Å². The van der Waals surface area contributed by atoms with Crippen LogP contribution in [0.25, 0.3) is 0 Å². The number of carbonyl (C=O) groups excluding carboxylic acids is 2. The maximum absolute atomic E-state index is 13.0. The molecular formula is C26H35N3O4S. The normalized spacial score (nSPS) is 16.3. The van der Waals surface area contributed by atoms with Crippen molar-refractivity contribution in [1.29, 1.82) is 0 Å². The summed E-state index contributed by atoms with van der Waals surface area (Å²) in [5.74, 6) is -0.895. The molecule has 0 radical (unpaired) electrons. The predicted octanol–water partition coefficient (Wildman–Crippen LogP) is 3.79. The summed E-state index contributed by atoms with van der Waals surface area (Å²) < 4.78 is 27.3. The lowest BCUT2D eigenvalue weighted by Crippen LogP contribution is -2.51. The summed E-state index contributed by atoms with van der Waals surface area (Å²) in [6.45, 7) is 10.1. The van der Waals surface area contributed by atoms with Crippen LogP contribution < -0.4 is 10.6 Å². The molecule has 1 saturated heterocycles. The second-order valence-electron chi connectivity index (χ2n) is 9.53. The highest BCUT2D eigenvalue weighted by molar-refractivity contribution is 7.89. The molecule has 1 unspecified atom stereocenters. The van der Waals surface area contributed by atoms with Gasteiger partial charge in [0.2, 0.25) is 21.8 Å². The second kappa shape index (κ2) is 10.7. The molecule has 0 aromatic heterocycles. The number of hydrogen-bond donors (Lipinski definition) is 2. The highest BCUT2D eigenvalue weighted by Gasteiger charge is 2.34. The van der Waals surface area contributed by atoms with E-state index in [1.54, 1.807) is 24.3 Å². The first-order chi connectivity index (χ1) is 16.0. The average Bonchev–Trinajstić information content (AvgIpc) is 2.79. The average molecular weight is 486 g/mol. The van der Waals surface area contributed by atoms with E-state index in [1.807, 2.05) is 52.8 Å². The Labute approximate surface area is 203 Å². The quantitative estimate of drug-likeness (QED) is 0.624. The number of aryl methyl sites for hydroxylation is 3. The Morgan fingerprint density at radius 2 is 1.53 bits per heavy atom.